The summed E-state index contributed by atoms with van der Waals surface area (Å²) in [7, 11) is -3.08. The van der Waals surface area contributed by atoms with Gasteiger partial charge in [-0.25, -0.2) is 17.7 Å². The van der Waals surface area contributed by atoms with Gasteiger partial charge in [-0.15, -0.1) is 24.0 Å². The number of guanidine groups is 1. The number of nitrogens with one attached hydrogen (secondary N) is 2. The second kappa shape index (κ2) is 13.1. The van der Waals surface area contributed by atoms with E-state index in [1.165, 1.54) is 6.26 Å². The van der Waals surface area contributed by atoms with Crippen molar-refractivity contribution in [3.8, 4) is 5.75 Å². The SMILES string of the molecule is C=CCOc1ccccc1CN=C(NCC)NCC1CCN(S(C)(=O)=O)CC1.I. The van der Waals surface area contributed by atoms with Crippen LogP contribution >= 0.6 is 24.0 Å². The fourth-order valence-electron chi connectivity index (χ4n) is 3.12. The summed E-state index contributed by atoms with van der Waals surface area (Å²) in [4.78, 5) is 4.67. The molecule has 0 bridgehead atoms. The van der Waals surface area contributed by atoms with Gasteiger partial charge in [0.15, 0.2) is 5.96 Å². The smallest absolute Gasteiger partial charge is 0.211 e. The van der Waals surface area contributed by atoms with E-state index in [2.05, 4.69) is 22.2 Å². The molecule has 9 heteroatoms. The van der Waals surface area contributed by atoms with Gasteiger partial charge in [0.2, 0.25) is 10.0 Å². The first-order chi connectivity index (χ1) is 13.4. The third kappa shape index (κ3) is 8.91. The molecule has 0 saturated carbocycles. The number of ether oxygens (including phenoxy) is 1. The summed E-state index contributed by atoms with van der Waals surface area (Å²) in [6.45, 7) is 9.41. The molecule has 1 aromatic rings. The van der Waals surface area contributed by atoms with Crippen LogP contribution < -0.4 is 15.4 Å². The molecule has 0 aromatic heterocycles. The Morgan fingerprint density at radius 1 is 1.31 bits per heavy atom. The highest BCUT2D eigenvalue weighted by atomic mass is 127. The van der Waals surface area contributed by atoms with E-state index in [1.807, 2.05) is 31.2 Å². The first-order valence-electron chi connectivity index (χ1n) is 9.73. The Bertz CT molecular complexity index is 763. The van der Waals surface area contributed by atoms with E-state index in [0.717, 1.165) is 43.2 Å². The number of aliphatic imine (C=N–C) groups is 1. The molecule has 1 fully saturated rings. The van der Waals surface area contributed by atoms with Crippen LogP contribution in [0, 0.1) is 5.92 Å². The van der Waals surface area contributed by atoms with Crippen LogP contribution in [-0.2, 0) is 16.6 Å². The van der Waals surface area contributed by atoms with Crippen LogP contribution in [0.5, 0.6) is 5.75 Å². The highest BCUT2D eigenvalue weighted by Gasteiger charge is 2.24. The fraction of sp³-hybridized carbons (Fsp3) is 0.550. The summed E-state index contributed by atoms with van der Waals surface area (Å²) < 4.78 is 30.5. The molecule has 0 amide bonds. The molecule has 0 unspecified atom stereocenters. The van der Waals surface area contributed by atoms with Crippen LogP contribution in [0.3, 0.4) is 0 Å². The zero-order valence-electron chi connectivity index (χ0n) is 17.3. The molecule has 1 saturated heterocycles. The van der Waals surface area contributed by atoms with E-state index in [0.29, 0.717) is 32.2 Å². The average molecular weight is 536 g/mol. The zero-order valence-corrected chi connectivity index (χ0v) is 20.4. The topological polar surface area (TPSA) is 83.0 Å². The van der Waals surface area contributed by atoms with E-state index in [-0.39, 0.29) is 24.0 Å². The van der Waals surface area contributed by atoms with Crippen molar-refractivity contribution >= 4 is 40.0 Å². The van der Waals surface area contributed by atoms with E-state index in [1.54, 1.807) is 10.4 Å². The Balaban J connectivity index is 0.00000420. The van der Waals surface area contributed by atoms with Crippen molar-refractivity contribution in [3.63, 3.8) is 0 Å². The van der Waals surface area contributed by atoms with Gasteiger partial charge in [0, 0.05) is 31.7 Å². The molecule has 0 spiro atoms. The standard InChI is InChI=1S/C20H32N4O3S.HI/c1-4-14-27-19-9-7-6-8-18(19)16-23-20(21-5-2)22-15-17-10-12-24(13-11-17)28(3,25)26;/h4,6-9,17H,1,5,10-16H2,2-3H3,(H2,21,22,23);1H. The maximum Gasteiger partial charge on any atom is 0.211 e. The van der Waals surface area contributed by atoms with Gasteiger partial charge in [-0.3, -0.25) is 0 Å². The monoisotopic (exact) mass is 536 g/mol. The van der Waals surface area contributed by atoms with Gasteiger partial charge < -0.3 is 15.4 Å². The second-order valence-electron chi connectivity index (χ2n) is 6.89. The Morgan fingerprint density at radius 2 is 2.00 bits per heavy atom. The minimum atomic E-state index is -3.08. The molecule has 1 aromatic carbocycles. The molecule has 2 N–H and O–H groups in total. The molecule has 1 heterocycles. The molecule has 29 heavy (non-hydrogen) atoms. The number of nitrogens with zero attached hydrogens (tertiary/aromatic N) is 2. The van der Waals surface area contributed by atoms with Crippen LogP contribution in [0.2, 0.25) is 0 Å². The lowest BCUT2D eigenvalue weighted by Crippen LogP contribution is -2.44. The third-order valence-electron chi connectivity index (χ3n) is 4.68. The number of benzene rings is 1. The normalized spacial score (nSPS) is 16.0. The van der Waals surface area contributed by atoms with Crippen LogP contribution in [0.15, 0.2) is 41.9 Å². The largest absolute Gasteiger partial charge is 0.489 e. The zero-order chi connectivity index (χ0) is 20.4. The lowest BCUT2D eigenvalue weighted by Gasteiger charge is -2.30. The predicted molar refractivity (Wildman–Crippen MR) is 130 cm³/mol. The van der Waals surface area contributed by atoms with Gasteiger partial charge >= 0.3 is 0 Å². The Labute approximate surface area is 192 Å². The molecule has 1 aliphatic rings. The van der Waals surface area contributed by atoms with Crippen LogP contribution in [0.4, 0.5) is 0 Å². The third-order valence-corrected chi connectivity index (χ3v) is 5.98. The average Bonchev–Trinajstić information content (AvgIpc) is 2.68. The van der Waals surface area contributed by atoms with Gasteiger partial charge in [0.05, 0.1) is 12.8 Å². The lowest BCUT2D eigenvalue weighted by atomic mass is 9.98. The molecule has 0 atom stereocenters. The van der Waals surface area contributed by atoms with Crippen molar-refractivity contribution in [2.24, 2.45) is 10.9 Å². The van der Waals surface area contributed by atoms with Crippen LogP contribution in [0.1, 0.15) is 25.3 Å². The molecule has 7 nitrogen and oxygen atoms in total. The van der Waals surface area contributed by atoms with E-state index in [9.17, 15) is 8.42 Å². The van der Waals surface area contributed by atoms with Crippen molar-refractivity contribution in [3.05, 3.63) is 42.5 Å². The summed E-state index contributed by atoms with van der Waals surface area (Å²) >= 11 is 0. The molecule has 164 valence electrons. The minimum Gasteiger partial charge on any atom is -0.489 e. The molecule has 2 rings (SSSR count). The van der Waals surface area contributed by atoms with Gasteiger partial charge in [-0.2, -0.15) is 0 Å². The van der Waals surface area contributed by atoms with Crippen molar-refractivity contribution < 1.29 is 13.2 Å². The van der Waals surface area contributed by atoms with Gasteiger partial charge in [0.25, 0.3) is 0 Å². The number of hydrogen-bond donors (Lipinski definition) is 2. The first-order valence-corrected chi connectivity index (χ1v) is 11.6. The number of para-hydroxylation sites is 1. The van der Waals surface area contributed by atoms with Gasteiger partial charge in [-0.05, 0) is 31.7 Å². The number of rotatable bonds is 9. The predicted octanol–water partition coefficient (Wildman–Crippen LogP) is 2.60. The molecule has 0 radical (unpaired) electrons. The van der Waals surface area contributed by atoms with E-state index >= 15 is 0 Å². The van der Waals surface area contributed by atoms with Crippen LogP contribution in [-0.4, -0.2) is 57.7 Å². The Morgan fingerprint density at radius 3 is 2.62 bits per heavy atom. The number of piperidine rings is 1. The van der Waals surface area contributed by atoms with E-state index in [4.69, 9.17) is 4.74 Å². The van der Waals surface area contributed by atoms with Crippen molar-refractivity contribution in [1.82, 2.24) is 14.9 Å². The van der Waals surface area contributed by atoms with Crippen molar-refractivity contribution in [1.29, 1.82) is 0 Å². The molecule has 1 aliphatic heterocycles. The molecule has 0 aliphatic carbocycles. The van der Waals surface area contributed by atoms with Crippen molar-refractivity contribution in [2.75, 3.05) is 39.0 Å². The number of sulfonamides is 1. The first kappa shape index (κ1) is 25.7. The maximum atomic E-state index is 11.6. The highest BCUT2D eigenvalue weighted by molar-refractivity contribution is 14.0. The summed E-state index contributed by atoms with van der Waals surface area (Å²) in [6.07, 6.45) is 4.72. The summed E-state index contributed by atoms with van der Waals surface area (Å²) in [5, 5.41) is 6.65. The molecular weight excluding hydrogens is 503 g/mol. The molecular formula is C20H33IN4O3S. The number of hydrogen-bond acceptors (Lipinski definition) is 4. The van der Waals surface area contributed by atoms with Crippen molar-refractivity contribution in [2.45, 2.75) is 26.3 Å². The van der Waals surface area contributed by atoms with Gasteiger partial charge in [-0.1, -0.05) is 30.9 Å². The van der Waals surface area contributed by atoms with Gasteiger partial charge in [0.1, 0.15) is 12.4 Å². The highest BCUT2D eigenvalue weighted by Crippen LogP contribution is 2.20. The minimum absolute atomic E-state index is 0. The number of halogens is 1. The quantitative estimate of drug-likeness (QED) is 0.220. The summed E-state index contributed by atoms with van der Waals surface area (Å²) in [6, 6.07) is 7.86. The summed E-state index contributed by atoms with van der Waals surface area (Å²) in [5.41, 5.74) is 1.02. The van der Waals surface area contributed by atoms with E-state index < -0.39 is 10.0 Å². The summed E-state index contributed by atoms with van der Waals surface area (Å²) in [5.74, 6) is 2.01. The lowest BCUT2D eigenvalue weighted by molar-refractivity contribution is 0.275. The Hall–Kier alpha value is -1.33. The van der Waals surface area contributed by atoms with Crippen LogP contribution in [0.25, 0.3) is 0 Å². The maximum absolute atomic E-state index is 11.6. The second-order valence-corrected chi connectivity index (χ2v) is 8.87. The fourth-order valence-corrected chi connectivity index (χ4v) is 3.99. The Kier molecular flexibility index (Phi) is 11.6.